The van der Waals surface area contributed by atoms with E-state index >= 15 is 0 Å². The quantitative estimate of drug-likeness (QED) is 0.631. The van der Waals surface area contributed by atoms with Crippen LogP contribution in [0, 0.1) is 11.8 Å². The molecule has 0 radical (unpaired) electrons. The Morgan fingerprint density at radius 2 is 1.93 bits per heavy atom. The Labute approximate surface area is 181 Å². The number of methoxy groups -OCH3 is 2. The van der Waals surface area contributed by atoms with Crippen LogP contribution in [-0.4, -0.2) is 35.9 Å². The second kappa shape index (κ2) is 8.30. The van der Waals surface area contributed by atoms with Crippen molar-refractivity contribution in [2.75, 3.05) is 14.2 Å². The maximum absolute atomic E-state index is 13.0. The molecule has 4 rings (SSSR count). The largest absolute Gasteiger partial charge is 0.493 e. The predicted octanol–water partition coefficient (Wildman–Crippen LogP) is 4.87. The molecule has 1 saturated carbocycles. The summed E-state index contributed by atoms with van der Waals surface area (Å²) < 4.78 is 12.6. The number of rotatable bonds is 5. The Morgan fingerprint density at radius 3 is 2.67 bits per heavy atom. The van der Waals surface area contributed by atoms with E-state index in [9.17, 15) is 4.79 Å². The van der Waals surface area contributed by atoms with E-state index in [0.717, 1.165) is 32.8 Å². The molecule has 3 aromatic rings. The third-order valence-electron chi connectivity index (χ3n) is 6.42. The molecule has 0 spiro atoms. The predicted molar refractivity (Wildman–Crippen MR) is 121 cm³/mol. The van der Waals surface area contributed by atoms with Gasteiger partial charge in [-0.3, -0.25) is 9.48 Å². The summed E-state index contributed by atoms with van der Waals surface area (Å²) in [5.41, 5.74) is 1.76. The highest BCUT2D eigenvalue weighted by atomic mass is 32.1. The number of aryl methyl sites for hydroxylation is 1. The highest BCUT2D eigenvalue weighted by Gasteiger charge is 2.29. The number of benzene rings is 1. The monoisotopic (exact) mass is 427 g/mol. The van der Waals surface area contributed by atoms with Crippen LogP contribution in [0.1, 0.15) is 42.8 Å². The molecular weight excluding hydrogens is 398 g/mol. The number of carbonyl (C=O) groups excluding carboxylic acids is 1. The second-order valence-corrected chi connectivity index (χ2v) is 9.25. The van der Waals surface area contributed by atoms with Gasteiger partial charge in [-0.25, -0.2) is 0 Å². The first-order valence-corrected chi connectivity index (χ1v) is 11.2. The lowest BCUT2D eigenvalue weighted by Gasteiger charge is -2.34. The summed E-state index contributed by atoms with van der Waals surface area (Å²) in [6.07, 6.45) is 3.48. The Bertz CT molecular complexity index is 1070. The molecule has 1 N–H and O–H groups in total. The molecule has 1 aliphatic carbocycles. The minimum Gasteiger partial charge on any atom is -0.493 e. The zero-order valence-corrected chi connectivity index (χ0v) is 19.0. The molecule has 0 aliphatic heterocycles. The van der Waals surface area contributed by atoms with Crippen molar-refractivity contribution in [2.24, 2.45) is 18.9 Å². The van der Waals surface area contributed by atoms with Crippen molar-refractivity contribution >= 4 is 27.5 Å². The molecule has 0 saturated heterocycles. The van der Waals surface area contributed by atoms with Gasteiger partial charge in [0.2, 0.25) is 0 Å². The minimum atomic E-state index is 0.0143. The fourth-order valence-corrected chi connectivity index (χ4v) is 5.35. The highest BCUT2D eigenvalue weighted by molar-refractivity contribution is 7.20. The Morgan fingerprint density at radius 1 is 1.17 bits per heavy atom. The lowest BCUT2D eigenvalue weighted by atomic mass is 9.78. The number of nitrogens with zero attached hydrogens (tertiary/aromatic N) is 2. The second-order valence-electron chi connectivity index (χ2n) is 8.22. The van der Waals surface area contributed by atoms with Gasteiger partial charge in [0.1, 0.15) is 10.5 Å². The van der Waals surface area contributed by atoms with Crippen LogP contribution >= 0.6 is 11.3 Å². The van der Waals surface area contributed by atoms with E-state index in [1.165, 1.54) is 24.2 Å². The number of hydrogen-bond donors (Lipinski definition) is 1. The molecule has 2 heterocycles. The van der Waals surface area contributed by atoms with Crippen LogP contribution in [0.25, 0.3) is 21.5 Å². The molecule has 6 nitrogen and oxygen atoms in total. The fourth-order valence-electron chi connectivity index (χ4n) is 4.37. The van der Waals surface area contributed by atoms with Crippen molar-refractivity contribution in [3.05, 3.63) is 29.1 Å². The van der Waals surface area contributed by atoms with Gasteiger partial charge in [0, 0.05) is 24.0 Å². The third kappa shape index (κ3) is 3.67. The van der Waals surface area contributed by atoms with Gasteiger partial charge in [-0.2, -0.15) is 5.10 Å². The molecule has 1 amide bonds. The summed E-state index contributed by atoms with van der Waals surface area (Å²) in [4.78, 5) is 14.7. The molecule has 0 bridgehead atoms. The van der Waals surface area contributed by atoms with E-state index in [1.54, 1.807) is 14.2 Å². The van der Waals surface area contributed by atoms with E-state index in [4.69, 9.17) is 9.47 Å². The smallest absolute Gasteiger partial charge is 0.261 e. The summed E-state index contributed by atoms with van der Waals surface area (Å²) in [6, 6.07) is 7.97. The van der Waals surface area contributed by atoms with Crippen LogP contribution < -0.4 is 14.8 Å². The van der Waals surface area contributed by atoms with Crippen molar-refractivity contribution in [3.8, 4) is 22.8 Å². The van der Waals surface area contributed by atoms with Gasteiger partial charge in [0.15, 0.2) is 11.5 Å². The van der Waals surface area contributed by atoms with E-state index in [-0.39, 0.29) is 11.9 Å². The highest BCUT2D eigenvalue weighted by Crippen LogP contribution is 2.38. The topological polar surface area (TPSA) is 65.4 Å². The van der Waals surface area contributed by atoms with Crippen LogP contribution in [0.2, 0.25) is 0 Å². The van der Waals surface area contributed by atoms with Crippen LogP contribution in [0.3, 0.4) is 0 Å². The normalized spacial score (nSPS) is 21.6. The Hall–Kier alpha value is -2.54. The maximum atomic E-state index is 13.0. The van der Waals surface area contributed by atoms with Crippen LogP contribution in [0.15, 0.2) is 24.3 Å². The van der Waals surface area contributed by atoms with Crippen LogP contribution in [0.4, 0.5) is 0 Å². The summed E-state index contributed by atoms with van der Waals surface area (Å²) in [5, 5.41) is 8.95. The average Bonchev–Trinajstić information content (AvgIpc) is 3.31. The van der Waals surface area contributed by atoms with Gasteiger partial charge < -0.3 is 14.8 Å². The fraction of sp³-hybridized carbons (Fsp3) is 0.478. The van der Waals surface area contributed by atoms with Crippen molar-refractivity contribution in [1.29, 1.82) is 0 Å². The van der Waals surface area contributed by atoms with E-state index < -0.39 is 0 Å². The van der Waals surface area contributed by atoms with Gasteiger partial charge in [-0.05, 0) is 42.5 Å². The minimum absolute atomic E-state index is 0.0143. The molecule has 1 aromatic carbocycles. The molecule has 3 atom stereocenters. The van der Waals surface area contributed by atoms with Crippen molar-refractivity contribution in [1.82, 2.24) is 15.1 Å². The molecule has 1 fully saturated rings. The number of aromatic nitrogens is 2. The lowest BCUT2D eigenvalue weighted by Crippen LogP contribution is -2.43. The van der Waals surface area contributed by atoms with Gasteiger partial charge in [0.05, 0.1) is 19.1 Å². The number of hydrogen-bond acceptors (Lipinski definition) is 5. The summed E-state index contributed by atoms with van der Waals surface area (Å²) in [6.45, 7) is 4.53. The molecule has 7 heteroatoms. The SMILES string of the molecule is COc1ccc(-c2nn(C)c3sc(C(=O)N[C@@H]4CCC[C@H](C)[C@H]4C)cc23)cc1OC. The zero-order chi connectivity index (χ0) is 21.4. The summed E-state index contributed by atoms with van der Waals surface area (Å²) in [7, 11) is 5.15. The molecule has 160 valence electrons. The van der Waals surface area contributed by atoms with Crippen molar-refractivity contribution in [3.63, 3.8) is 0 Å². The Kier molecular flexibility index (Phi) is 5.73. The molecule has 30 heavy (non-hydrogen) atoms. The van der Waals surface area contributed by atoms with Gasteiger partial charge in [0.25, 0.3) is 5.91 Å². The number of amides is 1. The molecule has 1 aliphatic rings. The standard InChI is InChI=1S/C23H29N3O3S/c1-13-7-6-8-17(14(13)2)24-22(27)20-12-16-21(25-26(3)23(16)30-20)15-9-10-18(28-4)19(11-15)29-5/h9-14,17H,6-8H2,1-5H3,(H,24,27)/t13-,14+,17+/m0/s1. The molecule has 2 aromatic heterocycles. The molecular formula is C23H29N3O3S. The number of thiophene rings is 1. The third-order valence-corrected chi connectivity index (χ3v) is 7.62. The first-order valence-electron chi connectivity index (χ1n) is 10.4. The number of fused-ring (bicyclic) bond motifs is 1. The lowest BCUT2D eigenvalue weighted by molar-refractivity contribution is 0.0895. The average molecular weight is 428 g/mol. The summed E-state index contributed by atoms with van der Waals surface area (Å²) >= 11 is 1.49. The number of ether oxygens (including phenoxy) is 2. The van der Waals surface area contributed by atoms with E-state index in [0.29, 0.717) is 23.3 Å². The van der Waals surface area contributed by atoms with E-state index in [1.807, 2.05) is 36.0 Å². The Balaban J connectivity index is 1.65. The van der Waals surface area contributed by atoms with Crippen molar-refractivity contribution in [2.45, 2.75) is 39.2 Å². The first-order chi connectivity index (χ1) is 14.4. The van der Waals surface area contributed by atoms with Gasteiger partial charge in [-0.15, -0.1) is 11.3 Å². The van der Waals surface area contributed by atoms with Gasteiger partial charge in [-0.1, -0.05) is 26.7 Å². The van der Waals surface area contributed by atoms with E-state index in [2.05, 4.69) is 24.3 Å². The van der Waals surface area contributed by atoms with Gasteiger partial charge >= 0.3 is 0 Å². The molecule has 0 unspecified atom stereocenters. The zero-order valence-electron chi connectivity index (χ0n) is 18.2. The van der Waals surface area contributed by atoms with Crippen LogP contribution in [-0.2, 0) is 7.05 Å². The van der Waals surface area contributed by atoms with Crippen molar-refractivity contribution < 1.29 is 14.3 Å². The maximum Gasteiger partial charge on any atom is 0.261 e. The van der Waals surface area contributed by atoms with Crippen LogP contribution in [0.5, 0.6) is 11.5 Å². The summed E-state index contributed by atoms with van der Waals surface area (Å²) in [5.74, 6) is 2.49. The first kappa shape index (κ1) is 20.7. The number of carbonyl (C=O) groups is 1. The number of nitrogens with one attached hydrogen (secondary N) is 1.